The Morgan fingerprint density at radius 1 is 1.05 bits per heavy atom. The molecule has 0 radical (unpaired) electrons. The lowest BCUT2D eigenvalue weighted by molar-refractivity contribution is 0.505. The summed E-state index contributed by atoms with van der Waals surface area (Å²) in [5.74, 6) is -2.70. The van der Waals surface area contributed by atoms with Crippen LogP contribution in [0.4, 0.5) is 13.2 Å². The average Bonchev–Trinajstić information content (AvgIpc) is 2.79. The molecule has 1 atom stereocenters. The van der Waals surface area contributed by atoms with E-state index >= 15 is 0 Å². The standard InChI is InChI=1S/C15H12F3NO2S/c16-10-5-6-11-9(8-10)4-7-14(11)19-22(20,21)15-12(17)2-1-3-13(15)18/h1-3,5-6,8,14,19H,4,7H2. The summed E-state index contributed by atoms with van der Waals surface area (Å²) in [6, 6.07) is 6.30. The molecule has 1 aliphatic rings. The first-order valence-electron chi connectivity index (χ1n) is 6.63. The largest absolute Gasteiger partial charge is 0.246 e. The summed E-state index contributed by atoms with van der Waals surface area (Å²) in [5.41, 5.74) is 1.32. The second-order valence-electron chi connectivity index (χ2n) is 5.11. The summed E-state index contributed by atoms with van der Waals surface area (Å²) in [6.07, 6.45) is 0.911. The minimum absolute atomic E-state index is 0.401. The van der Waals surface area contributed by atoms with Crippen LogP contribution in [-0.4, -0.2) is 8.42 Å². The Hall–Kier alpha value is -1.86. The van der Waals surface area contributed by atoms with Gasteiger partial charge in [0.2, 0.25) is 10.0 Å². The van der Waals surface area contributed by atoms with Crippen LogP contribution in [0.15, 0.2) is 41.3 Å². The van der Waals surface area contributed by atoms with Crippen molar-refractivity contribution in [2.45, 2.75) is 23.8 Å². The van der Waals surface area contributed by atoms with E-state index in [4.69, 9.17) is 0 Å². The van der Waals surface area contributed by atoms with Gasteiger partial charge in [0.25, 0.3) is 0 Å². The molecule has 2 aromatic rings. The van der Waals surface area contributed by atoms with Crippen molar-refractivity contribution in [1.82, 2.24) is 4.72 Å². The van der Waals surface area contributed by atoms with E-state index in [0.717, 1.165) is 18.2 Å². The molecule has 7 heteroatoms. The first-order chi connectivity index (χ1) is 10.4. The number of hydrogen-bond donors (Lipinski definition) is 1. The lowest BCUT2D eigenvalue weighted by atomic mass is 10.1. The topological polar surface area (TPSA) is 46.2 Å². The fourth-order valence-corrected chi connectivity index (χ4v) is 4.08. The number of halogens is 3. The predicted octanol–water partition coefficient (Wildman–Crippen LogP) is 3.07. The third-order valence-corrected chi connectivity index (χ3v) is 5.19. The highest BCUT2D eigenvalue weighted by molar-refractivity contribution is 7.89. The van der Waals surface area contributed by atoms with E-state index in [1.54, 1.807) is 0 Å². The van der Waals surface area contributed by atoms with Gasteiger partial charge in [-0.15, -0.1) is 0 Å². The summed E-state index contributed by atoms with van der Waals surface area (Å²) >= 11 is 0. The number of aryl methyl sites for hydroxylation is 1. The SMILES string of the molecule is O=S(=O)(NC1CCc2cc(F)ccc21)c1c(F)cccc1F. The van der Waals surface area contributed by atoms with Crippen molar-refractivity contribution in [3.63, 3.8) is 0 Å². The van der Waals surface area contributed by atoms with Gasteiger partial charge >= 0.3 is 0 Å². The molecule has 0 spiro atoms. The minimum Gasteiger partial charge on any atom is -0.207 e. The summed E-state index contributed by atoms with van der Waals surface area (Å²) < 4.78 is 67.3. The molecule has 1 unspecified atom stereocenters. The highest BCUT2D eigenvalue weighted by Gasteiger charge is 2.31. The van der Waals surface area contributed by atoms with Gasteiger partial charge in [0, 0.05) is 6.04 Å². The number of rotatable bonds is 3. The Morgan fingerprint density at radius 2 is 1.73 bits per heavy atom. The Morgan fingerprint density at radius 3 is 2.41 bits per heavy atom. The zero-order valence-electron chi connectivity index (χ0n) is 11.3. The third-order valence-electron chi connectivity index (χ3n) is 3.67. The van der Waals surface area contributed by atoms with E-state index in [-0.39, 0.29) is 0 Å². The van der Waals surface area contributed by atoms with Gasteiger partial charge in [-0.25, -0.2) is 26.3 Å². The van der Waals surface area contributed by atoms with Gasteiger partial charge in [-0.05, 0) is 48.2 Å². The van der Waals surface area contributed by atoms with Gasteiger partial charge in [0.15, 0.2) is 4.90 Å². The second kappa shape index (κ2) is 5.40. The molecule has 0 heterocycles. The maximum absolute atomic E-state index is 13.7. The van der Waals surface area contributed by atoms with Crippen LogP contribution < -0.4 is 4.72 Å². The molecular weight excluding hydrogens is 315 g/mol. The maximum Gasteiger partial charge on any atom is 0.246 e. The molecule has 0 aromatic heterocycles. The molecule has 0 amide bonds. The van der Waals surface area contributed by atoms with E-state index in [0.29, 0.717) is 24.0 Å². The van der Waals surface area contributed by atoms with Crippen LogP contribution in [0.3, 0.4) is 0 Å². The monoisotopic (exact) mass is 327 g/mol. The first-order valence-corrected chi connectivity index (χ1v) is 8.11. The number of hydrogen-bond acceptors (Lipinski definition) is 2. The predicted molar refractivity (Wildman–Crippen MR) is 74.1 cm³/mol. The van der Waals surface area contributed by atoms with Crippen LogP contribution in [-0.2, 0) is 16.4 Å². The van der Waals surface area contributed by atoms with Gasteiger partial charge in [-0.1, -0.05) is 12.1 Å². The van der Waals surface area contributed by atoms with Crippen molar-refractivity contribution < 1.29 is 21.6 Å². The van der Waals surface area contributed by atoms with Crippen LogP contribution in [0.1, 0.15) is 23.6 Å². The summed E-state index contributed by atoms with van der Waals surface area (Å²) in [5, 5.41) is 0. The fourth-order valence-electron chi connectivity index (χ4n) is 2.69. The van der Waals surface area contributed by atoms with E-state index in [1.807, 2.05) is 0 Å². The van der Waals surface area contributed by atoms with Crippen molar-refractivity contribution in [2.24, 2.45) is 0 Å². The molecule has 22 heavy (non-hydrogen) atoms. The van der Waals surface area contributed by atoms with Crippen molar-refractivity contribution in [3.05, 3.63) is 65.0 Å². The molecule has 116 valence electrons. The van der Waals surface area contributed by atoms with Gasteiger partial charge in [-0.2, -0.15) is 0 Å². The van der Waals surface area contributed by atoms with Gasteiger partial charge in [0.1, 0.15) is 17.5 Å². The summed E-state index contributed by atoms with van der Waals surface area (Å²) in [6.45, 7) is 0. The molecule has 2 aromatic carbocycles. The maximum atomic E-state index is 13.7. The molecule has 0 aliphatic heterocycles. The van der Waals surface area contributed by atoms with Crippen LogP contribution in [0, 0.1) is 17.5 Å². The highest BCUT2D eigenvalue weighted by atomic mass is 32.2. The molecule has 3 rings (SSSR count). The highest BCUT2D eigenvalue weighted by Crippen LogP contribution is 2.33. The van der Waals surface area contributed by atoms with Crippen molar-refractivity contribution in [2.75, 3.05) is 0 Å². The van der Waals surface area contributed by atoms with E-state index in [1.165, 1.54) is 18.2 Å². The van der Waals surface area contributed by atoms with Crippen LogP contribution in [0.25, 0.3) is 0 Å². The molecular formula is C15H12F3NO2S. The third kappa shape index (κ3) is 2.62. The molecule has 0 saturated carbocycles. The number of fused-ring (bicyclic) bond motifs is 1. The Balaban J connectivity index is 1.95. The van der Waals surface area contributed by atoms with Crippen LogP contribution >= 0.6 is 0 Å². The Kier molecular flexibility index (Phi) is 3.70. The van der Waals surface area contributed by atoms with E-state index < -0.39 is 38.4 Å². The lowest BCUT2D eigenvalue weighted by Gasteiger charge is -2.15. The zero-order valence-corrected chi connectivity index (χ0v) is 12.1. The Labute approximate surface area is 125 Å². The fraction of sp³-hybridized carbons (Fsp3) is 0.200. The molecule has 1 N–H and O–H groups in total. The molecule has 3 nitrogen and oxygen atoms in total. The van der Waals surface area contributed by atoms with Gasteiger partial charge in [-0.3, -0.25) is 0 Å². The quantitative estimate of drug-likeness (QED) is 0.942. The summed E-state index contributed by atoms with van der Waals surface area (Å²) in [7, 11) is -4.35. The molecule has 0 fully saturated rings. The number of nitrogens with one attached hydrogen (secondary N) is 1. The second-order valence-corrected chi connectivity index (χ2v) is 6.76. The van der Waals surface area contributed by atoms with Crippen molar-refractivity contribution >= 4 is 10.0 Å². The number of benzene rings is 2. The molecule has 0 saturated heterocycles. The minimum atomic E-state index is -4.35. The Bertz CT molecular complexity index is 816. The number of sulfonamides is 1. The van der Waals surface area contributed by atoms with Crippen LogP contribution in [0.5, 0.6) is 0 Å². The zero-order chi connectivity index (χ0) is 15.9. The van der Waals surface area contributed by atoms with Crippen molar-refractivity contribution in [3.8, 4) is 0 Å². The smallest absolute Gasteiger partial charge is 0.207 e. The van der Waals surface area contributed by atoms with Crippen molar-refractivity contribution in [1.29, 1.82) is 0 Å². The van der Waals surface area contributed by atoms with E-state index in [2.05, 4.69) is 4.72 Å². The normalized spacial score (nSPS) is 17.5. The molecule has 0 bridgehead atoms. The molecule has 1 aliphatic carbocycles. The first kappa shape index (κ1) is 15.1. The van der Waals surface area contributed by atoms with Gasteiger partial charge in [0.05, 0.1) is 0 Å². The summed E-state index contributed by atoms with van der Waals surface area (Å²) in [4.78, 5) is -0.995. The lowest BCUT2D eigenvalue weighted by Crippen LogP contribution is -2.29. The van der Waals surface area contributed by atoms with Gasteiger partial charge < -0.3 is 0 Å². The average molecular weight is 327 g/mol. The van der Waals surface area contributed by atoms with E-state index in [9.17, 15) is 21.6 Å². The van der Waals surface area contributed by atoms with Crippen LogP contribution in [0.2, 0.25) is 0 Å².